The van der Waals surface area contributed by atoms with E-state index >= 15 is 0 Å². The normalized spacial score (nSPS) is 10.8. The lowest BCUT2D eigenvalue weighted by molar-refractivity contribution is -0.128. The number of halogens is 1. The Bertz CT molecular complexity index is 461. The summed E-state index contributed by atoms with van der Waals surface area (Å²) in [5.74, 6) is 0.816. The van der Waals surface area contributed by atoms with E-state index < -0.39 is 0 Å². The van der Waals surface area contributed by atoms with Crippen LogP contribution in [0.2, 0.25) is 0 Å². The Morgan fingerprint density at radius 1 is 1.43 bits per heavy atom. The number of rotatable bonds is 6. The number of hydrogen-bond acceptors (Lipinski definition) is 4. The third-order valence-electron chi connectivity index (χ3n) is 2.52. The first-order chi connectivity index (χ1) is 9.52. The molecule has 6 nitrogen and oxygen atoms in total. The fraction of sp³-hybridized carbons (Fsp3) is 0.615. The van der Waals surface area contributed by atoms with Crippen LogP contribution in [0, 0.1) is 6.92 Å². The van der Waals surface area contributed by atoms with E-state index in [1.165, 1.54) is 4.88 Å². The van der Waals surface area contributed by atoms with Crippen molar-refractivity contribution in [2.24, 2.45) is 4.99 Å². The lowest BCUT2D eigenvalue weighted by Crippen LogP contribution is -2.39. The molecule has 1 heterocycles. The number of hydrogen-bond donors (Lipinski definition) is 2. The molecule has 0 spiro atoms. The van der Waals surface area contributed by atoms with Crippen LogP contribution in [0.15, 0.2) is 11.2 Å². The molecule has 1 amide bonds. The number of aliphatic imine (C=N–C) groups is 1. The number of amides is 1. The molecule has 0 aromatic carbocycles. The summed E-state index contributed by atoms with van der Waals surface area (Å²) < 4.78 is 0. The summed E-state index contributed by atoms with van der Waals surface area (Å²) in [6.07, 6.45) is 2.30. The average molecular weight is 425 g/mol. The van der Waals surface area contributed by atoms with Crippen molar-refractivity contribution in [2.45, 2.75) is 26.8 Å². The van der Waals surface area contributed by atoms with E-state index in [4.69, 9.17) is 0 Å². The van der Waals surface area contributed by atoms with Gasteiger partial charge in [-0.25, -0.2) is 9.98 Å². The number of carbonyl (C=O) groups excluding carboxylic acids is 1. The van der Waals surface area contributed by atoms with Gasteiger partial charge in [-0.1, -0.05) is 0 Å². The first-order valence-corrected chi connectivity index (χ1v) is 7.48. The Kier molecular flexibility index (Phi) is 10.3. The van der Waals surface area contributed by atoms with Crippen LogP contribution >= 0.6 is 35.3 Å². The third kappa shape index (κ3) is 8.20. The maximum atomic E-state index is 11.5. The minimum Gasteiger partial charge on any atom is -0.357 e. The number of aryl methyl sites for hydroxylation is 1. The maximum absolute atomic E-state index is 11.5. The minimum absolute atomic E-state index is 0. The van der Waals surface area contributed by atoms with Crippen molar-refractivity contribution < 1.29 is 4.79 Å². The summed E-state index contributed by atoms with van der Waals surface area (Å²) >= 11 is 1.65. The Hall–Kier alpha value is -0.900. The van der Waals surface area contributed by atoms with Crippen LogP contribution in [-0.4, -0.2) is 48.9 Å². The van der Waals surface area contributed by atoms with Gasteiger partial charge in [0.15, 0.2) is 5.96 Å². The SMILES string of the molecule is CCNC(=NCc1ncc(C)s1)NCCC(=O)N(C)C.I. The van der Waals surface area contributed by atoms with Crippen molar-refractivity contribution >= 4 is 47.2 Å². The van der Waals surface area contributed by atoms with Gasteiger partial charge in [0.1, 0.15) is 5.01 Å². The molecule has 0 aliphatic carbocycles. The van der Waals surface area contributed by atoms with Gasteiger partial charge in [0.25, 0.3) is 0 Å². The molecule has 0 aliphatic heterocycles. The summed E-state index contributed by atoms with van der Waals surface area (Å²) in [5, 5.41) is 7.30. The first kappa shape index (κ1) is 20.1. The summed E-state index contributed by atoms with van der Waals surface area (Å²) in [4.78, 5) is 23.0. The molecule has 0 saturated heterocycles. The Morgan fingerprint density at radius 2 is 2.14 bits per heavy atom. The van der Waals surface area contributed by atoms with Crippen LogP contribution in [0.4, 0.5) is 0 Å². The molecule has 0 aliphatic rings. The summed E-state index contributed by atoms with van der Waals surface area (Å²) in [7, 11) is 3.51. The molecule has 2 N–H and O–H groups in total. The van der Waals surface area contributed by atoms with E-state index in [9.17, 15) is 4.79 Å². The van der Waals surface area contributed by atoms with Crippen molar-refractivity contribution in [3.8, 4) is 0 Å². The second kappa shape index (κ2) is 10.8. The number of nitrogens with zero attached hydrogens (tertiary/aromatic N) is 3. The monoisotopic (exact) mass is 425 g/mol. The van der Waals surface area contributed by atoms with E-state index in [-0.39, 0.29) is 29.9 Å². The van der Waals surface area contributed by atoms with Gasteiger partial charge < -0.3 is 15.5 Å². The van der Waals surface area contributed by atoms with Gasteiger partial charge in [0, 0.05) is 44.7 Å². The second-order valence-corrected chi connectivity index (χ2v) is 5.84. The van der Waals surface area contributed by atoms with Gasteiger partial charge in [-0.2, -0.15) is 0 Å². The third-order valence-corrected chi connectivity index (χ3v) is 3.41. The number of guanidine groups is 1. The van der Waals surface area contributed by atoms with Crippen LogP contribution in [0.5, 0.6) is 0 Å². The van der Waals surface area contributed by atoms with Gasteiger partial charge in [0.2, 0.25) is 5.91 Å². The number of nitrogens with one attached hydrogen (secondary N) is 2. The van der Waals surface area contributed by atoms with E-state index in [0.717, 1.165) is 11.6 Å². The highest BCUT2D eigenvalue weighted by Crippen LogP contribution is 2.11. The Balaban J connectivity index is 0.00000400. The van der Waals surface area contributed by atoms with Gasteiger partial charge in [0.05, 0.1) is 6.54 Å². The van der Waals surface area contributed by atoms with Crippen molar-refractivity contribution in [3.05, 3.63) is 16.1 Å². The number of carbonyl (C=O) groups is 1. The predicted octanol–water partition coefficient (Wildman–Crippen LogP) is 1.60. The summed E-state index contributed by atoms with van der Waals surface area (Å²) in [6, 6.07) is 0. The topological polar surface area (TPSA) is 69.6 Å². The zero-order chi connectivity index (χ0) is 15.0. The highest BCUT2D eigenvalue weighted by atomic mass is 127. The molecular weight excluding hydrogens is 401 g/mol. The van der Waals surface area contributed by atoms with Crippen LogP contribution in [0.25, 0.3) is 0 Å². The van der Waals surface area contributed by atoms with Gasteiger partial charge in [-0.3, -0.25) is 4.79 Å². The molecular formula is C13H24IN5OS. The molecule has 0 unspecified atom stereocenters. The van der Waals surface area contributed by atoms with Crippen LogP contribution in [0.3, 0.4) is 0 Å². The van der Waals surface area contributed by atoms with Crippen molar-refractivity contribution in [1.29, 1.82) is 0 Å². The molecule has 120 valence electrons. The lowest BCUT2D eigenvalue weighted by Gasteiger charge is -2.13. The summed E-state index contributed by atoms with van der Waals surface area (Å²) in [6.45, 7) is 5.94. The van der Waals surface area contributed by atoms with E-state index in [1.807, 2.05) is 20.0 Å². The molecule has 1 rings (SSSR count). The lowest BCUT2D eigenvalue weighted by atomic mass is 10.4. The van der Waals surface area contributed by atoms with Gasteiger partial charge in [-0.05, 0) is 13.8 Å². The standard InChI is InChI=1S/C13H23N5OS.HI/c1-5-14-13(15-7-6-12(19)18(3)4)17-9-11-16-8-10(2)20-11;/h8H,5-7,9H2,1-4H3,(H2,14,15,17);1H. The van der Waals surface area contributed by atoms with Crippen molar-refractivity contribution in [2.75, 3.05) is 27.2 Å². The fourth-order valence-corrected chi connectivity index (χ4v) is 2.19. The second-order valence-electron chi connectivity index (χ2n) is 4.52. The minimum atomic E-state index is 0. The molecule has 1 aromatic rings. The number of aromatic nitrogens is 1. The molecule has 1 aromatic heterocycles. The molecule has 0 bridgehead atoms. The summed E-state index contributed by atoms with van der Waals surface area (Å²) in [5.41, 5.74) is 0. The smallest absolute Gasteiger partial charge is 0.223 e. The van der Waals surface area contributed by atoms with E-state index in [2.05, 4.69) is 20.6 Å². The van der Waals surface area contributed by atoms with Crippen molar-refractivity contribution in [1.82, 2.24) is 20.5 Å². The van der Waals surface area contributed by atoms with Crippen LogP contribution < -0.4 is 10.6 Å². The molecule has 0 radical (unpaired) electrons. The zero-order valence-electron chi connectivity index (χ0n) is 13.0. The molecule has 0 saturated carbocycles. The molecule has 0 fully saturated rings. The fourth-order valence-electron chi connectivity index (χ4n) is 1.47. The van der Waals surface area contributed by atoms with Crippen LogP contribution in [-0.2, 0) is 11.3 Å². The Labute approximate surface area is 147 Å². The molecule has 8 heteroatoms. The molecule has 0 atom stereocenters. The van der Waals surface area contributed by atoms with E-state index in [1.54, 1.807) is 30.3 Å². The Morgan fingerprint density at radius 3 is 2.67 bits per heavy atom. The van der Waals surface area contributed by atoms with E-state index in [0.29, 0.717) is 25.5 Å². The highest BCUT2D eigenvalue weighted by molar-refractivity contribution is 14.0. The van der Waals surface area contributed by atoms with Gasteiger partial charge in [-0.15, -0.1) is 35.3 Å². The number of thiazole rings is 1. The zero-order valence-corrected chi connectivity index (χ0v) is 16.1. The first-order valence-electron chi connectivity index (χ1n) is 6.66. The maximum Gasteiger partial charge on any atom is 0.223 e. The predicted molar refractivity (Wildman–Crippen MR) is 98.4 cm³/mol. The van der Waals surface area contributed by atoms with Crippen molar-refractivity contribution in [3.63, 3.8) is 0 Å². The largest absolute Gasteiger partial charge is 0.357 e. The van der Waals surface area contributed by atoms with Gasteiger partial charge >= 0.3 is 0 Å². The average Bonchev–Trinajstić information content (AvgIpc) is 2.81. The molecule has 21 heavy (non-hydrogen) atoms. The highest BCUT2D eigenvalue weighted by Gasteiger charge is 2.04. The quantitative estimate of drug-likeness (QED) is 0.413. The van der Waals surface area contributed by atoms with Crippen LogP contribution in [0.1, 0.15) is 23.2 Å².